The summed E-state index contributed by atoms with van der Waals surface area (Å²) in [5, 5.41) is 93.4. The number of aliphatic carboxylic acids is 6. The van der Waals surface area contributed by atoms with Crippen molar-refractivity contribution in [3.8, 4) is 0 Å². The van der Waals surface area contributed by atoms with E-state index in [9.17, 15) is 33.6 Å². The van der Waals surface area contributed by atoms with E-state index in [1.54, 1.807) is 0 Å². The molecular formula is C18H32O19. The largest absolute Gasteiger partial charge is 0.515 e. The van der Waals surface area contributed by atoms with Gasteiger partial charge < -0.3 is 66.1 Å². The van der Waals surface area contributed by atoms with Crippen LogP contribution < -0.4 is 0 Å². The van der Waals surface area contributed by atoms with Crippen molar-refractivity contribution >= 4 is 42.1 Å². The first kappa shape index (κ1) is 46.2. The third-order valence-corrected chi connectivity index (χ3v) is 1.81. The van der Waals surface area contributed by atoms with Crippen LogP contribution in [0.1, 0.15) is 32.1 Å². The van der Waals surface area contributed by atoms with Crippen LogP contribution in [0.3, 0.4) is 0 Å². The molecule has 0 amide bonds. The average Bonchev–Trinajstić information content (AvgIpc) is 2.68. The second kappa shape index (κ2) is 39.1. The summed E-state index contributed by atoms with van der Waals surface area (Å²) in [6.45, 7) is -0.806. The van der Waals surface area contributed by atoms with Gasteiger partial charge in [0.05, 0.1) is 57.8 Å². The predicted octanol–water partition coefficient (Wildman–Crippen LogP) is -3.07. The van der Waals surface area contributed by atoms with Crippen LogP contribution in [0.15, 0.2) is 12.3 Å². The number of hydrogen-bond donors (Lipinski definition) is 12. The monoisotopic (exact) mass is 552 g/mol. The topological polar surface area (TPSA) is 362 Å². The Morgan fingerprint density at radius 2 is 0.919 bits per heavy atom. The molecule has 0 fully saturated rings. The highest BCUT2D eigenvalue weighted by Gasteiger charge is 2.02. The number of aldehydes is 1. The average molecular weight is 552 g/mol. The summed E-state index contributed by atoms with van der Waals surface area (Å²) < 4.78 is 0. The van der Waals surface area contributed by atoms with Crippen LogP contribution in [0.25, 0.3) is 0 Å². The van der Waals surface area contributed by atoms with Gasteiger partial charge in [-0.05, 0) is 0 Å². The van der Waals surface area contributed by atoms with Crippen molar-refractivity contribution in [3.05, 3.63) is 12.3 Å². The number of rotatable bonds is 11. The Labute approximate surface area is 208 Å². The van der Waals surface area contributed by atoms with Crippen LogP contribution in [-0.2, 0) is 33.6 Å². The second-order valence-corrected chi connectivity index (χ2v) is 5.10. The van der Waals surface area contributed by atoms with Crippen LogP contribution in [0.5, 0.6) is 0 Å². The maximum atomic E-state index is 9.49. The normalized spacial score (nSPS) is 8.49. The van der Waals surface area contributed by atoms with E-state index >= 15 is 0 Å². The maximum Gasteiger partial charge on any atom is 0.331 e. The molecule has 0 saturated carbocycles. The van der Waals surface area contributed by atoms with E-state index in [2.05, 4.69) is 0 Å². The molecule has 37 heavy (non-hydrogen) atoms. The molecule has 0 bridgehead atoms. The molecule has 0 spiro atoms. The lowest BCUT2D eigenvalue weighted by atomic mass is 10.4. The Kier molecular flexibility index (Phi) is 48.8. The van der Waals surface area contributed by atoms with Crippen LogP contribution in [0.2, 0.25) is 0 Å². The highest BCUT2D eigenvalue weighted by molar-refractivity contribution is 5.82. The van der Waals surface area contributed by atoms with Gasteiger partial charge in [-0.3, -0.25) is 24.0 Å². The summed E-state index contributed by atoms with van der Waals surface area (Å²) in [4.78, 5) is 65.8. The summed E-state index contributed by atoms with van der Waals surface area (Å²) in [5.41, 5.74) is 0. The SMILES string of the molecule is O=C(O)/C=C/O.O=C(O)CC(O)O.O=C(O)CCO.O=C(O)CCO.O=C(O)CCO.O=CCC(=O)O. The van der Waals surface area contributed by atoms with Gasteiger partial charge in [0, 0.05) is 0 Å². The quantitative estimate of drug-likeness (QED) is 0.0397. The van der Waals surface area contributed by atoms with Gasteiger partial charge in [0.25, 0.3) is 0 Å². The van der Waals surface area contributed by atoms with Crippen LogP contribution in [-0.4, -0.2) is 129 Å². The predicted molar refractivity (Wildman–Crippen MR) is 116 cm³/mol. The van der Waals surface area contributed by atoms with Gasteiger partial charge in [-0.15, -0.1) is 0 Å². The molecule has 0 radical (unpaired) electrons. The molecular weight excluding hydrogens is 520 g/mol. The van der Waals surface area contributed by atoms with Crippen LogP contribution in [0, 0.1) is 0 Å². The van der Waals surface area contributed by atoms with Crippen molar-refractivity contribution in [1.82, 2.24) is 0 Å². The molecule has 0 unspecified atom stereocenters. The molecule has 0 aliphatic carbocycles. The zero-order chi connectivity index (χ0) is 30.8. The van der Waals surface area contributed by atoms with Gasteiger partial charge in [0.1, 0.15) is 12.7 Å². The van der Waals surface area contributed by atoms with Gasteiger partial charge in [0.2, 0.25) is 0 Å². The minimum Gasteiger partial charge on any atom is -0.515 e. The smallest absolute Gasteiger partial charge is 0.331 e. The van der Waals surface area contributed by atoms with E-state index in [0.29, 0.717) is 18.6 Å². The minimum absolute atomic E-state index is 0.153. The van der Waals surface area contributed by atoms with Crippen molar-refractivity contribution in [3.63, 3.8) is 0 Å². The third-order valence-electron chi connectivity index (χ3n) is 1.81. The number of carboxylic acid groups (broad SMARTS) is 6. The van der Waals surface area contributed by atoms with E-state index < -0.39 is 48.5 Å². The molecule has 0 saturated heterocycles. The van der Waals surface area contributed by atoms with Crippen LogP contribution >= 0.6 is 0 Å². The van der Waals surface area contributed by atoms with Crippen molar-refractivity contribution < 1.29 is 94.8 Å². The summed E-state index contributed by atoms with van der Waals surface area (Å²) >= 11 is 0. The molecule has 19 heteroatoms. The number of aliphatic hydroxyl groups is 6. The summed E-state index contributed by atoms with van der Waals surface area (Å²) in [6.07, 6.45) is -1.72. The van der Waals surface area contributed by atoms with Crippen molar-refractivity contribution in [2.24, 2.45) is 0 Å². The van der Waals surface area contributed by atoms with Gasteiger partial charge in [-0.1, -0.05) is 0 Å². The van der Waals surface area contributed by atoms with Gasteiger partial charge in [-0.2, -0.15) is 0 Å². The molecule has 0 aromatic carbocycles. The van der Waals surface area contributed by atoms with Crippen molar-refractivity contribution in [1.29, 1.82) is 0 Å². The standard InChI is InChI=1S/C3H6O4.3C3H6O3.2C3H4O3/c4-2(5)1-3(6)7;5*4-2-1-3(5)6/h2,4-5H,1H2,(H,6,7);3*4H,1-2H2,(H,5,6);2H,1H2,(H,5,6);1-2,4H,(H,5,6)/b;;;;;2-1+. The highest BCUT2D eigenvalue weighted by Crippen LogP contribution is 1.82. The summed E-state index contributed by atoms with van der Waals surface area (Å²) in [7, 11) is 0. The number of carbonyl (C=O) groups is 7. The van der Waals surface area contributed by atoms with E-state index in [1.165, 1.54) is 0 Å². The first-order valence-corrected chi connectivity index (χ1v) is 9.23. The van der Waals surface area contributed by atoms with Gasteiger partial charge >= 0.3 is 35.8 Å². The fourth-order valence-electron chi connectivity index (χ4n) is 0.578. The van der Waals surface area contributed by atoms with E-state index in [1.807, 2.05) is 0 Å². The molecule has 19 nitrogen and oxygen atoms in total. The highest BCUT2D eigenvalue weighted by atomic mass is 16.5. The zero-order valence-electron chi connectivity index (χ0n) is 19.2. The molecule has 0 rings (SSSR count). The van der Waals surface area contributed by atoms with Gasteiger partial charge in [0.15, 0.2) is 6.29 Å². The Balaban J connectivity index is -0.0000000780. The number of carbonyl (C=O) groups excluding carboxylic acids is 1. The fraction of sp³-hybridized carbons (Fsp3) is 0.500. The molecule has 0 aromatic rings. The van der Waals surface area contributed by atoms with Crippen molar-refractivity contribution in [2.45, 2.75) is 38.4 Å². The van der Waals surface area contributed by atoms with E-state index in [0.717, 1.165) is 0 Å². The van der Waals surface area contributed by atoms with Crippen molar-refractivity contribution in [2.75, 3.05) is 19.8 Å². The lowest BCUT2D eigenvalue weighted by Gasteiger charge is -1.93. The Morgan fingerprint density at radius 1 is 0.595 bits per heavy atom. The second-order valence-electron chi connectivity index (χ2n) is 5.10. The molecule has 0 atom stereocenters. The number of aliphatic hydroxyl groups excluding tert-OH is 5. The summed E-state index contributed by atoms with van der Waals surface area (Å²) in [6, 6.07) is 0. The van der Waals surface area contributed by atoms with E-state index in [4.69, 9.17) is 61.3 Å². The maximum absolute atomic E-state index is 9.49. The molecule has 0 aliphatic rings. The summed E-state index contributed by atoms with van der Waals surface area (Å²) in [5.74, 6) is -6.31. The zero-order valence-corrected chi connectivity index (χ0v) is 19.2. The molecule has 218 valence electrons. The molecule has 12 N–H and O–H groups in total. The molecule has 0 aliphatic heterocycles. The molecule has 0 heterocycles. The first-order chi connectivity index (χ1) is 17.0. The fourth-order valence-corrected chi connectivity index (χ4v) is 0.578. The Hall–Kier alpha value is -4.17. The number of hydrogen-bond acceptors (Lipinski definition) is 13. The first-order valence-electron chi connectivity index (χ1n) is 9.23. The van der Waals surface area contributed by atoms with Gasteiger partial charge in [-0.25, -0.2) is 4.79 Å². The lowest BCUT2D eigenvalue weighted by Crippen LogP contribution is -2.10. The Bertz CT molecular complexity index is 603. The van der Waals surface area contributed by atoms with E-state index in [-0.39, 0.29) is 45.5 Å². The molecule has 0 aromatic heterocycles. The number of carboxylic acids is 6. The lowest BCUT2D eigenvalue weighted by molar-refractivity contribution is -0.146. The van der Waals surface area contributed by atoms with Crippen LogP contribution in [0.4, 0.5) is 0 Å². The minimum atomic E-state index is -1.72. The third kappa shape index (κ3) is 129. The Morgan fingerprint density at radius 3 is 0.919 bits per heavy atom.